The largest absolute Gasteiger partial charge is 0.477 e. The Morgan fingerprint density at radius 3 is 2.36 bits per heavy atom. The Morgan fingerprint density at radius 1 is 0.833 bits per heavy atom. The zero-order valence-corrected chi connectivity index (χ0v) is 38.3. The van der Waals surface area contributed by atoms with Crippen molar-refractivity contribution in [2.24, 2.45) is 5.92 Å². The summed E-state index contributed by atoms with van der Waals surface area (Å²) in [6, 6.07) is 24.7. The minimum atomic E-state index is -1.26. The molecule has 3 N–H and O–H groups in total. The molecule has 2 aromatic heterocycles. The normalized spacial score (nSPS) is 21.8. The smallest absolute Gasteiger partial charge is 0.264 e. The maximum Gasteiger partial charge on any atom is 0.264 e. The summed E-state index contributed by atoms with van der Waals surface area (Å²) < 4.78 is 7.86. The van der Waals surface area contributed by atoms with Gasteiger partial charge >= 0.3 is 0 Å². The van der Waals surface area contributed by atoms with Gasteiger partial charge in [-0.15, -0.1) is 11.3 Å². The number of piperidine rings is 4. The molecule has 10 rings (SSSR count). The molecule has 1 unspecified atom stereocenters. The second-order valence-electron chi connectivity index (χ2n) is 18.3. The summed E-state index contributed by atoms with van der Waals surface area (Å²) in [5, 5.41) is 10.1. The Hall–Kier alpha value is -5.90. The Bertz CT molecular complexity index is 2650. The Kier molecular flexibility index (Phi) is 12.5. The van der Waals surface area contributed by atoms with Gasteiger partial charge in [-0.25, -0.2) is 9.97 Å². The molecule has 0 radical (unpaired) electrons. The number of imide groups is 1. The van der Waals surface area contributed by atoms with E-state index in [1.807, 2.05) is 78.9 Å². The number of halogens is 1. The van der Waals surface area contributed by atoms with Gasteiger partial charge in [-0.05, 0) is 85.5 Å². The van der Waals surface area contributed by atoms with Crippen LogP contribution in [-0.2, 0) is 24.0 Å². The summed E-state index contributed by atoms with van der Waals surface area (Å²) >= 11 is 8.05. The van der Waals surface area contributed by atoms with E-state index in [4.69, 9.17) is 26.3 Å². The SMILES string of the molecule is O=C1CCC(c2ccc(N3CCC(CN4CCC(NC(=O)C5(Oc6ccccc6-c6nc7cccc(Cl)c7s6)CCN(C(=O)[C@H]6CC(=O)Nc7ccccc76)CC5)CC4)CC3)nc2)C(=O)N1. The van der Waals surface area contributed by atoms with Crippen molar-refractivity contribution in [1.29, 1.82) is 0 Å². The van der Waals surface area contributed by atoms with Gasteiger partial charge in [0.2, 0.25) is 23.6 Å². The summed E-state index contributed by atoms with van der Waals surface area (Å²) in [6.45, 7) is 5.18. The zero-order valence-electron chi connectivity index (χ0n) is 36.7. The quantitative estimate of drug-likeness (QED) is 0.126. The van der Waals surface area contributed by atoms with Gasteiger partial charge < -0.3 is 30.1 Å². The minimum absolute atomic E-state index is 0.0242. The number of nitrogens with one attached hydrogen (secondary N) is 3. The highest BCUT2D eigenvalue weighted by Crippen LogP contribution is 2.42. The number of anilines is 2. The number of benzene rings is 3. The first-order valence-corrected chi connectivity index (χ1v) is 24.4. The molecule has 0 spiro atoms. The van der Waals surface area contributed by atoms with Gasteiger partial charge in [0.05, 0.1) is 32.6 Å². The number of aromatic nitrogens is 2. The molecule has 4 fully saturated rings. The van der Waals surface area contributed by atoms with Crippen LogP contribution in [0.2, 0.25) is 5.02 Å². The molecule has 5 aliphatic rings. The number of likely N-dealkylation sites (tertiary alicyclic amines) is 2. The number of carbonyl (C=O) groups excluding carboxylic acids is 5. The van der Waals surface area contributed by atoms with Crippen LogP contribution in [0.1, 0.15) is 80.8 Å². The van der Waals surface area contributed by atoms with Crippen molar-refractivity contribution in [3.05, 3.63) is 101 Å². The summed E-state index contributed by atoms with van der Waals surface area (Å²) in [4.78, 5) is 81.8. The molecule has 66 heavy (non-hydrogen) atoms. The number of para-hydroxylation sites is 2. The number of ether oxygens (including phenoxy) is 1. The molecule has 3 aromatic carbocycles. The Labute approximate surface area is 392 Å². The van der Waals surface area contributed by atoms with Crippen LogP contribution in [0.3, 0.4) is 0 Å². The fraction of sp³-hybridized carbons (Fsp3) is 0.420. The monoisotopic (exact) mass is 928 g/mol. The highest BCUT2D eigenvalue weighted by atomic mass is 35.5. The van der Waals surface area contributed by atoms with Gasteiger partial charge in [-0.1, -0.05) is 54.1 Å². The van der Waals surface area contributed by atoms with Crippen LogP contribution in [-0.4, -0.2) is 107 Å². The standard InChI is InChI=1S/C50H53ClN8O6S/c51-38-8-5-10-40-45(38)66-47(55-40)36-7-2-4-11-41(36)65-50(20-26-59(27-21-50)48(63)37-28-44(61)54-39-9-3-1-6-35(37)39)49(64)53-33-18-22-57(23-19-33)30-31-16-24-58(25-17-31)42-14-12-32(29-52-42)34-13-15-43(60)56-46(34)62/h1-12,14,29,31,33-34,37H,13,15-28,30H2,(H,53,64)(H,54,61)(H,56,60,62)/t34?,37-/m0/s1. The Balaban J connectivity index is 0.783. The van der Waals surface area contributed by atoms with Crippen LogP contribution >= 0.6 is 22.9 Å². The first-order chi connectivity index (χ1) is 32.1. The molecule has 16 heteroatoms. The van der Waals surface area contributed by atoms with Gasteiger partial charge in [0.1, 0.15) is 16.6 Å². The maximum atomic E-state index is 14.8. The molecule has 5 amide bonds. The summed E-state index contributed by atoms with van der Waals surface area (Å²) in [5.74, 6) is 0.137. The average molecular weight is 930 g/mol. The fourth-order valence-corrected chi connectivity index (χ4v) is 11.7. The first-order valence-electron chi connectivity index (χ1n) is 23.2. The molecule has 0 bridgehead atoms. The molecule has 7 heterocycles. The number of pyridine rings is 1. The van der Waals surface area contributed by atoms with Gasteiger partial charge in [-0.2, -0.15) is 0 Å². The Morgan fingerprint density at radius 2 is 1.61 bits per heavy atom. The summed E-state index contributed by atoms with van der Waals surface area (Å²) in [6.07, 6.45) is 7.02. The lowest BCUT2D eigenvalue weighted by molar-refractivity contribution is -0.148. The van der Waals surface area contributed by atoms with Crippen LogP contribution in [0.4, 0.5) is 11.5 Å². The van der Waals surface area contributed by atoms with Gasteiger partial charge in [0.15, 0.2) is 5.60 Å². The lowest BCUT2D eigenvalue weighted by atomic mass is 9.86. The van der Waals surface area contributed by atoms with Crippen LogP contribution in [0.25, 0.3) is 20.8 Å². The zero-order chi connectivity index (χ0) is 45.4. The number of carbonyl (C=O) groups is 5. The van der Waals surface area contributed by atoms with E-state index >= 15 is 0 Å². The van der Waals surface area contributed by atoms with Crippen molar-refractivity contribution in [2.75, 3.05) is 56.0 Å². The maximum absolute atomic E-state index is 14.8. The van der Waals surface area contributed by atoms with Gasteiger partial charge in [0.25, 0.3) is 5.91 Å². The van der Waals surface area contributed by atoms with E-state index in [1.165, 1.54) is 11.3 Å². The molecular weight excluding hydrogens is 876 g/mol. The van der Waals surface area contributed by atoms with E-state index in [0.717, 1.165) is 96.1 Å². The molecule has 342 valence electrons. The van der Waals surface area contributed by atoms with E-state index in [2.05, 4.69) is 25.8 Å². The second kappa shape index (κ2) is 18.8. The van der Waals surface area contributed by atoms with E-state index in [9.17, 15) is 24.0 Å². The molecule has 0 aliphatic carbocycles. The number of fused-ring (bicyclic) bond motifs is 2. The lowest BCUT2D eigenvalue weighted by Gasteiger charge is -2.43. The number of hydrogen-bond donors (Lipinski definition) is 3. The molecule has 5 aromatic rings. The van der Waals surface area contributed by atoms with E-state index in [0.29, 0.717) is 48.3 Å². The topological polar surface area (TPSA) is 166 Å². The van der Waals surface area contributed by atoms with Crippen molar-refractivity contribution in [1.82, 2.24) is 30.4 Å². The van der Waals surface area contributed by atoms with Crippen LogP contribution in [0, 0.1) is 5.92 Å². The summed E-state index contributed by atoms with van der Waals surface area (Å²) in [5.41, 5.74) is 2.61. The van der Waals surface area contributed by atoms with Crippen LogP contribution < -0.4 is 25.6 Å². The van der Waals surface area contributed by atoms with Crippen molar-refractivity contribution < 1.29 is 28.7 Å². The van der Waals surface area contributed by atoms with Gasteiger partial charge in [-0.3, -0.25) is 29.3 Å². The highest BCUT2D eigenvalue weighted by molar-refractivity contribution is 7.22. The van der Waals surface area contributed by atoms with E-state index < -0.39 is 11.5 Å². The summed E-state index contributed by atoms with van der Waals surface area (Å²) in [7, 11) is 0. The van der Waals surface area contributed by atoms with E-state index in [1.54, 1.807) is 11.1 Å². The van der Waals surface area contributed by atoms with Crippen molar-refractivity contribution >= 4 is 74.2 Å². The van der Waals surface area contributed by atoms with E-state index in [-0.39, 0.29) is 60.8 Å². The lowest BCUT2D eigenvalue weighted by Crippen LogP contribution is -2.60. The number of rotatable bonds is 10. The fourth-order valence-electron chi connectivity index (χ4n) is 10.4. The van der Waals surface area contributed by atoms with Gasteiger partial charge in [0, 0.05) is 89.4 Å². The van der Waals surface area contributed by atoms with Crippen molar-refractivity contribution in [3.63, 3.8) is 0 Å². The minimum Gasteiger partial charge on any atom is -0.477 e. The predicted molar refractivity (Wildman–Crippen MR) is 254 cm³/mol. The number of hydrogen-bond acceptors (Lipinski definition) is 11. The molecule has 4 saturated heterocycles. The number of amides is 5. The molecule has 2 atom stereocenters. The second-order valence-corrected chi connectivity index (χ2v) is 19.8. The third-order valence-electron chi connectivity index (χ3n) is 14.2. The third kappa shape index (κ3) is 9.12. The highest BCUT2D eigenvalue weighted by Gasteiger charge is 2.47. The first kappa shape index (κ1) is 44.0. The third-order valence-corrected chi connectivity index (χ3v) is 15.7. The van der Waals surface area contributed by atoms with Crippen LogP contribution in [0.15, 0.2) is 85.1 Å². The average Bonchev–Trinajstić information content (AvgIpc) is 3.78. The van der Waals surface area contributed by atoms with Crippen molar-refractivity contribution in [2.45, 2.75) is 81.3 Å². The van der Waals surface area contributed by atoms with Crippen molar-refractivity contribution in [3.8, 4) is 16.3 Å². The molecular formula is C50H53ClN8O6S. The van der Waals surface area contributed by atoms with Crippen LogP contribution in [0.5, 0.6) is 5.75 Å². The molecule has 0 saturated carbocycles. The number of thiazole rings is 1. The molecule has 5 aliphatic heterocycles. The predicted octanol–water partition coefficient (Wildman–Crippen LogP) is 6.90. The number of nitrogens with zero attached hydrogens (tertiary/aromatic N) is 5. The molecule has 14 nitrogen and oxygen atoms in total.